The zero-order valence-corrected chi connectivity index (χ0v) is 23.3. The van der Waals surface area contributed by atoms with Crippen LogP contribution < -0.4 is 9.47 Å². The Bertz CT molecular complexity index is 1730. The summed E-state index contributed by atoms with van der Waals surface area (Å²) >= 11 is 0. The number of methoxy groups -OCH3 is 2. The molecule has 0 radical (unpaired) electrons. The first kappa shape index (κ1) is 26.6. The van der Waals surface area contributed by atoms with Gasteiger partial charge in [-0.15, -0.1) is 0 Å². The molecular weight excluding hydrogens is 548 g/mol. The van der Waals surface area contributed by atoms with Gasteiger partial charge in [-0.2, -0.15) is 4.31 Å². The molecule has 0 fully saturated rings. The third-order valence-corrected chi connectivity index (χ3v) is 9.17. The van der Waals surface area contributed by atoms with E-state index in [0.29, 0.717) is 16.9 Å². The van der Waals surface area contributed by atoms with Gasteiger partial charge in [-0.25, -0.2) is 18.0 Å². The van der Waals surface area contributed by atoms with Crippen molar-refractivity contribution in [2.45, 2.75) is 24.0 Å². The number of carbonyl (C=O) groups is 2. The van der Waals surface area contributed by atoms with Gasteiger partial charge < -0.3 is 23.8 Å². The number of esters is 2. The van der Waals surface area contributed by atoms with Crippen LogP contribution in [0.4, 0.5) is 0 Å². The van der Waals surface area contributed by atoms with Crippen LogP contribution in [0.15, 0.2) is 89.1 Å². The number of fused-ring (bicyclic) bond motifs is 4. The molecule has 41 heavy (non-hydrogen) atoms. The Balaban J connectivity index is 1.74. The molecule has 0 amide bonds. The van der Waals surface area contributed by atoms with Crippen molar-refractivity contribution in [3.8, 4) is 11.5 Å². The standard InChI is InChI=1S/C30H26N2O8S/c1-18-11-13-20(14-12-18)41(35,36)32-25(22-9-6-10-23-27(22)40-17-39-23)24(29(33)37-2)26(30(34)38-3)31-16-15-19-7-4-5-8-21(19)28(31)32/h4-16,25,28H,17H2,1-3H3/t25-,28-/m0/s1. The minimum absolute atomic E-state index is 0.00978. The van der Waals surface area contributed by atoms with Gasteiger partial charge in [0, 0.05) is 11.8 Å². The van der Waals surface area contributed by atoms with E-state index < -0.39 is 34.2 Å². The van der Waals surface area contributed by atoms with Crippen molar-refractivity contribution in [2.75, 3.05) is 21.0 Å². The SMILES string of the molecule is COC(=O)C1=C(C(=O)OC)N2C=Cc3ccccc3[C@@H]2N(S(=O)(=O)c2ccc(C)cc2)[C@H]1c1cccc2c1OCO2. The Morgan fingerprint density at radius 1 is 0.878 bits per heavy atom. The maximum absolute atomic E-state index is 14.8. The predicted octanol–water partition coefficient (Wildman–Crippen LogP) is 4.05. The average molecular weight is 575 g/mol. The Morgan fingerprint density at radius 3 is 2.32 bits per heavy atom. The second-order valence-corrected chi connectivity index (χ2v) is 11.4. The molecule has 3 aromatic carbocycles. The van der Waals surface area contributed by atoms with Crippen molar-refractivity contribution in [3.05, 3.63) is 106 Å². The Labute approximate surface area is 237 Å². The van der Waals surface area contributed by atoms with Crippen molar-refractivity contribution in [3.63, 3.8) is 0 Å². The number of benzene rings is 3. The number of hydrogen-bond acceptors (Lipinski definition) is 9. The zero-order chi connectivity index (χ0) is 28.9. The van der Waals surface area contributed by atoms with E-state index in [9.17, 15) is 18.0 Å². The number of nitrogens with zero attached hydrogens (tertiary/aromatic N) is 2. The summed E-state index contributed by atoms with van der Waals surface area (Å²) in [6.07, 6.45) is 2.25. The fraction of sp³-hybridized carbons (Fsp3) is 0.200. The maximum Gasteiger partial charge on any atom is 0.355 e. The lowest BCUT2D eigenvalue weighted by Gasteiger charge is -2.49. The molecule has 0 aromatic heterocycles. The molecule has 0 saturated carbocycles. The second-order valence-electron chi connectivity index (χ2n) is 9.60. The van der Waals surface area contributed by atoms with Crippen LogP contribution in [0, 0.1) is 6.92 Å². The summed E-state index contributed by atoms with van der Waals surface area (Å²) in [5, 5.41) is 0. The lowest BCUT2D eigenvalue weighted by Crippen LogP contribution is -2.52. The lowest BCUT2D eigenvalue weighted by molar-refractivity contribution is -0.143. The molecule has 0 bridgehead atoms. The average Bonchev–Trinajstić information content (AvgIpc) is 3.48. The molecule has 0 spiro atoms. The van der Waals surface area contributed by atoms with Crippen molar-refractivity contribution in [1.29, 1.82) is 0 Å². The van der Waals surface area contributed by atoms with Gasteiger partial charge in [-0.3, -0.25) is 0 Å². The summed E-state index contributed by atoms with van der Waals surface area (Å²) in [5.74, 6) is -1.09. The van der Waals surface area contributed by atoms with E-state index in [2.05, 4.69) is 0 Å². The number of para-hydroxylation sites is 1. The zero-order valence-electron chi connectivity index (χ0n) is 22.4. The third kappa shape index (κ3) is 4.16. The molecule has 0 aliphatic carbocycles. The summed E-state index contributed by atoms with van der Waals surface area (Å²) in [7, 11) is -2.00. The molecule has 3 aromatic rings. The highest BCUT2D eigenvalue weighted by atomic mass is 32.2. The van der Waals surface area contributed by atoms with E-state index in [1.165, 1.54) is 35.6 Å². The van der Waals surface area contributed by atoms with E-state index in [1.807, 2.05) is 19.1 Å². The largest absolute Gasteiger partial charge is 0.466 e. The molecule has 210 valence electrons. The van der Waals surface area contributed by atoms with Crippen molar-refractivity contribution >= 4 is 28.0 Å². The van der Waals surface area contributed by atoms with Gasteiger partial charge in [-0.1, -0.05) is 54.1 Å². The van der Waals surface area contributed by atoms with Crippen LogP contribution in [0.1, 0.15) is 34.5 Å². The molecular formula is C30H26N2O8S. The van der Waals surface area contributed by atoms with E-state index in [1.54, 1.807) is 54.7 Å². The number of hydrogen-bond donors (Lipinski definition) is 0. The topological polar surface area (TPSA) is 112 Å². The van der Waals surface area contributed by atoms with Crippen LogP contribution >= 0.6 is 0 Å². The summed E-state index contributed by atoms with van der Waals surface area (Å²) in [4.78, 5) is 28.5. The van der Waals surface area contributed by atoms with Crippen LogP contribution in [-0.4, -0.2) is 50.6 Å². The highest BCUT2D eigenvalue weighted by Gasteiger charge is 2.54. The van der Waals surface area contributed by atoms with E-state index >= 15 is 0 Å². The highest BCUT2D eigenvalue weighted by Crippen LogP contribution is 2.54. The third-order valence-electron chi connectivity index (χ3n) is 7.34. The summed E-state index contributed by atoms with van der Waals surface area (Å²) in [5.41, 5.74) is 2.17. The summed E-state index contributed by atoms with van der Waals surface area (Å²) in [6, 6.07) is 17.3. The molecule has 0 N–H and O–H groups in total. The molecule has 2 atom stereocenters. The second kappa shape index (κ2) is 10.1. The number of sulfonamides is 1. The molecule has 3 aliphatic rings. The first-order valence-electron chi connectivity index (χ1n) is 12.7. The van der Waals surface area contributed by atoms with Crippen LogP contribution in [-0.2, 0) is 29.1 Å². The number of carbonyl (C=O) groups excluding carboxylic acids is 2. The maximum atomic E-state index is 14.8. The minimum Gasteiger partial charge on any atom is -0.466 e. The van der Waals surface area contributed by atoms with Crippen molar-refractivity contribution in [2.24, 2.45) is 0 Å². The molecule has 11 heteroatoms. The van der Waals surface area contributed by atoms with Crippen LogP contribution in [0.25, 0.3) is 6.08 Å². The van der Waals surface area contributed by atoms with Gasteiger partial charge in [0.25, 0.3) is 0 Å². The van der Waals surface area contributed by atoms with Gasteiger partial charge in [0.2, 0.25) is 16.8 Å². The molecule has 10 nitrogen and oxygen atoms in total. The van der Waals surface area contributed by atoms with Crippen LogP contribution in [0.5, 0.6) is 11.5 Å². The lowest BCUT2D eigenvalue weighted by atomic mass is 9.89. The molecule has 3 heterocycles. The van der Waals surface area contributed by atoms with E-state index in [-0.39, 0.29) is 28.7 Å². The predicted molar refractivity (Wildman–Crippen MR) is 147 cm³/mol. The van der Waals surface area contributed by atoms with Gasteiger partial charge in [-0.05, 0) is 42.3 Å². The Hall–Kier alpha value is -4.61. The summed E-state index contributed by atoms with van der Waals surface area (Å²) < 4.78 is 52.5. The van der Waals surface area contributed by atoms with Gasteiger partial charge in [0.15, 0.2) is 11.5 Å². The molecule has 0 saturated heterocycles. The van der Waals surface area contributed by atoms with Gasteiger partial charge in [0.05, 0.1) is 30.7 Å². The quantitative estimate of drug-likeness (QED) is 0.417. The first-order chi connectivity index (χ1) is 19.8. The molecule has 0 unspecified atom stereocenters. The molecule has 3 aliphatic heterocycles. The van der Waals surface area contributed by atoms with Gasteiger partial charge >= 0.3 is 11.9 Å². The van der Waals surface area contributed by atoms with E-state index in [4.69, 9.17) is 18.9 Å². The van der Waals surface area contributed by atoms with Gasteiger partial charge in [0.1, 0.15) is 11.9 Å². The monoisotopic (exact) mass is 574 g/mol. The fourth-order valence-electron chi connectivity index (χ4n) is 5.48. The molecule has 6 rings (SSSR count). The van der Waals surface area contributed by atoms with Crippen LogP contribution in [0.3, 0.4) is 0 Å². The van der Waals surface area contributed by atoms with Crippen molar-refractivity contribution < 1.29 is 37.0 Å². The highest BCUT2D eigenvalue weighted by molar-refractivity contribution is 7.89. The van der Waals surface area contributed by atoms with E-state index in [0.717, 1.165) is 11.1 Å². The number of rotatable bonds is 5. The first-order valence-corrected chi connectivity index (χ1v) is 14.2. The normalized spacial score (nSPS) is 19.4. The number of ether oxygens (including phenoxy) is 4. The Kier molecular flexibility index (Phi) is 6.55. The number of aryl methyl sites for hydroxylation is 1. The minimum atomic E-state index is -4.37. The fourth-order valence-corrected chi connectivity index (χ4v) is 7.17. The smallest absolute Gasteiger partial charge is 0.355 e. The summed E-state index contributed by atoms with van der Waals surface area (Å²) in [6.45, 7) is 1.77. The van der Waals surface area contributed by atoms with Crippen molar-refractivity contribution in [1.82, 2.24) is 9.21 Å². The van der Waals surface area contributed by atoms with Crippen LogP contribution in [0.2, 0.25) is 0 Å². The Morgan fingerprint density at radius 2 is 1.59 bits per heavy atom.